The Morgan fingerprint density at radius 3 is 2.57 bits per heavy atom. The van der Waals surface area contributed by atoms with Crippen LogP contribution in [0.3, 0.4) is 0 Å². The van der Waals surface area contributed by atoms with E-state index in [1.165, 1.54) is 20.1 Å². The van der Waals surface area contributed by atoms with E-state index in [-0.39, 0.29) is 5.76 Å². The summed E-state index contributed by atoms with van der Waals surface area (Å²) in [6.07, 6.45) is 3.55. The Morgan fingerprint density at radius 1 is 1.11 bits per heavy atom. The normalized spacial score (nSPS) is 16.6. The summed E-state index contributed by atoms with van der Waals surface area (Å²) in [5.41, 5.74) is 0.871. The first-order chi connectivity index (χ1) is 13.4. The molecule has 0 aliphatic carbocycles. The minimum absolute atomic E-state index is 0.156. The molecule has 7 heteroatoms. The number of carbonyl (C=O) groups excluding carboxylic acids is 4. The molecule has 0 saturated carbocycles. The fourth-order valence-electron chi connectivity index (χ4n) is 2.74. The molecule has 1 aliphatic heterocycles. The van der Waals surface area contributed by atoms with Crippen molar-refractivity contribution in [3.05, 3.63) is 65.6 Å². The van der Waals surface area contributed by atoms with Crippen LogP contribution in [0.15, 0.2) is 58.7 Å². The zero-order valence-corrected chi connectivity index (χ0v) is 15.1. The predicted molar refractivity (Wildman–Crippen MR) is 97.9 cm³/mol. The summed E-state index contributed by atoms with van der Waals surface area (Å²) in [4.78, 5) is 47.8. The highest BCUT2D eigenvalue weighted by atomic mass is 16.5. The molecule has 1 aliphatic rings. The number of rotatable bonds is 5. The van der Waals surface area contributed by atoms with Crippen molar-refractivity contribution in [2.75, 3.05) is 7.11 Å². The monoisotopic (exact) mass is 380 g/mol. The lowest BCUT2D eigenvalue weighted by Crippen LogP contribution is -2.34. The quantitative estimate of drug-likeness (QED) is 0.447. The molecular formula is C21H16O7. The minimum Gasteiger partial charge on any atom is -0.465 e. The van der Waals surface area contributed by atoms with Crippen molar-refractivity contribution in [1.29, 1.82) is 0 Å². The molecule has 28 heavy (non-hydrogen) atoms. The van der Waals surface area contributed by atoms with Crippen LogP contribution in [-0.2, 0) is 23.9 Å². The zero-order chi connectivity index (χ0) is 20.3. The van der Waals surface area contributed by atoms with Gasteiger partial charge >= 0.3 is 11.9 Å². The third-order valence-electron chi connectivity index (χ3n) is 4.05. The molecule has 0 fully saturated rings. The standard InChI is InChI=1S/C21H16O7/c1-12-11-17(23)19(21(25)27-12)16(22)9-7-13-8-10-18(28-13)14-5-3-4-6-15(14)20(24)26-2/h3-11,19H,1-2H3/b9-7+/t19-/m1/s1. The number of cyclic esters (lactones) is 1. The van der Waals surface area contributed by atoms with Crippen molar-refractivity contribution in [3.8, 4) is 11.3 Å². The van der Waals surface area contributed by atoms with Gasteiger partial charge in [0.05, 0.1) is 12.7 Å². The van der Waals surface area contributed by atoms with Gasteiger partial charge in [0, 0.05) is 11.6 Å². The second-order valence-electron chi connectivity index (χ2n) is 5.99. The Labute approximate surface area is 160 Å². The van der Waals surface area contributed by atoms with Gasteiger partial charge < -0.3 is 13.9 Å². The Morgan fingerprint density at radius 2 is 1.86 bits per heavy atom. The lowest BCUT2D eigenvalue weighted by molar-refractivity contribution is -0.151. The second-order valence-corrected chi connectivity index (χ2v) is 5.99. The lowest BCUT2D eigenvalue weighted by Gasteiger charge is -2.15. The van der Waals surface area contributed by atoms with Crippen LogP contribution < -0.4 is 0 Å². The van der Waals surface area contributed by atoms with Gasteiger partial charge in [-0.25, -0.2) is 4.79 Å². The maximum absolute atomic E-state index is 12.2. The van der Waals surface area contributed by atoms with E-state index < -0.39 is 29.4 Å². The Bertz CT molecular complexity index is 1020. The highest BCUT2D eigenvalue weighted by molar-refractivity contribution is 6.25. The van der Waals surface area contributed by atoms with E-state index in [9.17, 15) is 19.2 Å². The number of hydrogen-bond donors (Lipinski definition) is 0. The maximum Gasteiger partial charge on any atom is 0.338 e. The van der Waals surface area contributed by atoms with E-state index in [2.05, 4.69) is 0 Å². The van der Waals surface area contributed by atoms with Crippen LogP contribution in [0.1, 0.15) is 23.0 Å². The van der Waals surface area contributed by atoms with E-state index in [0.717, 1.165) is 12.2 Å². The minimum atomic E-state index is -1.51. The molecule has 1 aromatic heterocycles. The van der Waals surface area contributed by atoms with Crippen molar-refractivity contribution in [1.82, 2.24) is 0 Å². The first-order valence-electron chi connectivity index (χ1n) is 8.34. The van der Waals surface area contributed by atoms with E-state index in [1.54, 1.807) is 36.4 Å². The van der Waals surface area contributed by atoms with E-state index in [1.807, 2.05) is 0 Å². The highest BCUT2D eigenvalue weighted by Crippen LogP contribution is 2.27. The molecule has 3 rings (SSSR count). The van der Waals surface area contributed by atoms with Gasteiger partial charge in [0.1, 0.15) is 17.3 Å². The molecular weight excluding hydrogens is 364 g/mol. The lowest BCUT2D eigenvalue weighted by atomic mass is 9.96. The fraction of sp³-hybridized carbons (Fsp3) is 0.143. The number of carbonyl (C=O) groups is 4. The maximum atomic E-state index is 12.2. The van der Waals surface area contributed by atoms with E-state index in [0.29, 0.717) is 22.6 Å². The van der Waals surface area contributed by atoms with Crippen molar-refractivity contribution in [2.24, 2.45) is 5.92 Å². The van der Waals surface area contributed by atoms with Crippen molar-refractivity contribution < 1.29 is 33.1 Å². The van der Waals surface area contributed by atoms with Crippen LogP contribution in [0, 0.1) is 5.92 Å². The largest absolute Gasteiger partial charge is 0.465 e. The van der Waals surface area contributed by atoms with E-state index >= 15 is 0 Å². The molecule has 0 unspecified atom stereocenters. The summed E-state index contributed by atoms with van der Waals surface area (Å²) in [7, 11) is 1.29. The molecule has 2 aromatic rings. The van der Waals surface area contributed by atoms with Gasteiger partial charge in [-0.15, -0.1) is 0 Å². The average molecular weight is 380 g/mol. The number of ketones is 2. The van der Waals surface area contributed by atoms with Crippen LogP contribution in [0.2, 0.25) is 0 Å². The molecule has 0 radical (unpaired) electrons. The molecule has 2 heterocycles. The van der Waals surface area contributed by atoms with Gasteiger partial charge in [0.25, 0.3) is 0 Å². The van der Waals surface area contributed by atoms with Crippen LogP contribution in [0.5, 0.6) is 0 Å². The van der Waals surface area contributed by atoms with Crippen LogP contribution in [0.25, 0.3) is 17.4 Å². The molecule has 0 bridgehead atoms. The third-order valence-corrected chi connectivity index (χ3v) is 4.05. The Balaban J connectivity index is 1.81. The zero-order valence-electron chi connectivity index (χ0n) is 15.1. The second kappa shape index (κ2) is 7.87. The Kier molecular flexibility index (Phi) is 5.35. The number of ether oxygens (including phenoxy) is 2. The van der Waals surface area contributed by atoms with Gasteiger partial charge in [0.15, 0.2) is 17.5 Å². The van der Waals surface area contributed by atoms with Crippen molar-refractivity contribution in [3.63, 3.8) is 0 Å². The molecule has 0 N–H and O–H groups in total. The topological polar surface area (TPSA) is 99.9 Å². The van der Waals surface area contributed by atoms with Gasteiger partial charge in [-0.3, -0.25) is 14.4 Å². The summed E-state index contributed by atoms with van der Waals surface area (Å²) in [5, 5.41) is 0. The van der Waals surface area contributed by atoms with Crippen molar-refractivity contribution in [2.45, 2.75) is 6.92 Å². The summed E-state index contributed by atoms with van der Waals surface area (Å²) in [6.45, 7) is 1.46. The third kappa shape index (κ3) is 3.83. The van der Waals surface area contributed by atoms with Gasteiger partial charge in [0.2, 0.25) is 0 Å². The molecule has 1 aromatic carbocycles. The van der Waals surface area contributed by atoms with Gasteiger partial charge in [-0.05, 0) is 37.3 Å². The highest BCUT2D eigenvalue weighted by Gasteiger charge is 2.36. The molecule has 142 valence electrons. The van der Waals surface area contributed by atoms with Crippen LogP contribution in [-0.4, -0.2) is 30.6 Å². The molecule has 7 nitrogen and oxygen atoms in total. The number of esters is 2. The summed E-state index contributed by atoms with van der Waals surface area (Å²) in [5.74, 6) is -3.35. The average Bonchev–Trinajstić information content (AvgIpc) is 3.14. The van der Waals surface area contributed by atoms with Crippen LogP contribution in [0.4, 0.5) is 0 Å². The number of furan rings is 1. The number of allylic oxidation sites excluding steroid dienone is 3. The molecule has 1 atom stereocenters. The summed E-state index contributed by atoms with van der Waals surface area (Å²) in [6, 6.07) is 10.00. The predicted octanol–water partition coefficient (Wildman–Crippen LogP) is 2.96. The van der Waals surface area contributed by atoms with Crippen molar-refractivity contribution >= 4 is 29.6 Å². The van der Waals surface area contributed by atoms with Gasteiger partial charge in [-0.2, -0.15) is 0 Å². The molecule has 0 spiro atoms. The SMILES string of the molecule is COC(=O)c1ccccc1-c1ccc(/C=C/C(=O)[C@@H]2C(=O)C=C(C)OC2=O)o1. The summed E-state index contributed by atoms with van der Waals surface area (Å²) < 4.78 is 15.2. The number of methoxy groups -OCH3 is 1. The summed E-state index contributed by atoms with van der Waals surface area (Å²) >= 11 is 0. The van der Waals surface area contributed by atoms with Crippen LogP contribution >= 0.6 is 0 Å². The van der Waals surface area contributed by atoms with E-state index in [4.69, 9.17) is 13.9 Å². The van der Waals surface area contributed by atoms with Gasteiger partial charge in [-0.1, -0.05) is 18.2 Å². The molecule has 0 amide bonds. The first-order valence-corrected chi connectivity index (χ1v) is 8.34. The number of benzene rings is 1. The fourth-order valence-corrected chi connectivity index (χ4v) is 2.74. The number of hydrogen-bond acceptors (Lipinski definition) is 7. The first kappa shape index (κ1) is 19.0. The smallest absolute Gasteiger partial charge is 0.338 e. The molecule has 0 saturated heterocycles. The Hall–Kier alpha value is -3.74.